The van der Waals surface area contributed by atoms with Crippen molar-refractivity contribution in [3.05, 3.63) is 0 Å². The molecule has 0 amide bonds. The molecule has 0 radical (unpaired) electrons. The first-order valence-electron chi connectivity index (χ1n) is 4.99. The van der Waals surface area contributed by atoms with Crippen LogP contribution in [0.2, 0.25) is 0 Å². The van der Waals surface area contributed by atoms with Gasteiger partial charge in [0.15, 0.2) is 9.84 Å². The molecule has 1 saturated heterocycles. The fourth-order valence-corrected chi connectivity index (χ4v) is 3.75. The topological polar surface area (TPSA) is 60.2 Å². The van der Waals surface area contributed by atoms with Crippen molar-refractivity contribution in [1.29, 1.82) is 0 Å². The molecule has 2 unspecified atom stereocenters. The zero-order valence-electron chi connectivity index (χ0n) is 8.20. The molecule has 78 valence electrons. The molecule has 1 aliphatic heterocycles. The first-order valence-corrected chi connectivity index (χ1v) is 6.71. The van der Waals surface area contributed by atoms with Crippen LogP contribution in [-0.2, 0) is 9.84 Å². The summed E-state index contributed by atoms with van der Waals surface area (Å²) in [6.45, 7) is 1.93. The third kappa shape index (κ3) is 3.27. The standard InChI is InChI=1S/C9H19NO2S/c1-8(10)5-6-9-4-2-3-7-13(9,11)12/h8-9H,2-7,10H2,1H3. The first kappa shape index (κ1) is 11.0. The van der Waals surface area contributed by atoms with Gasteiger partial charge in [-0.05, 0) is 32.6 Å². The van der Waals surface area contributed by atoms with Crippen molar-refractivity contribution in [2.24, 2.45) is 5.73 Å². The predicted octanol–water partition coefficient (Wildman–Crippen LogP) is 1.08. The van der Waals surface area contributed by atoms with Crippen molar-refractivity contribution in [2.75, 3.05) is 5.75 Å². The molecule has 1 aliphatic rings. The van der Waals surface area contributed by atoms with Crippen molar-refractivity contribution in [2.45, 2.75) is 50.3 Å². The van der Waals surface area contributed by atoms with Crippen molar-refractivity contribution < 1.29 is 8.42 Å². The van der Waals surface area contributed by atoms with Crippen LogP contribution in [0.1, 0.15) is 39.0 Å². The van der Waals surface area contributed by atoms with E-state index in [4.69, 9.17) is 5.73 Å². The number of sulfone groups is 1. The lowest BCUT2D eigenvalue weighted by Crippen LogP contribution is -2.30. The summed E-state index contributed by atoms with van der Waals surface area (Å²) < 4.78 is 23.1. The van der Waals surface area contributed by atoms with E-state index in [1.165, 1.54) is 0 Å². The Morgan fingerprint density at radius 1 is 1.46 bits per heavy atom. The van der Waals surface area contributed by atoms with E-state index in [0.717, 1.165) is 32.1 Å². The summed E-state index contributed by atoms with van der Waals surface area (Å²) in [4.78, 5) is 0. The van der Waals surface area contributed by atoms with Crippen LogP contribution < -0.4 is 5.73 Å². The first-order chi connectivity index (χ1) is 6.02. The minimum Gasteiger partial charge on any atom is -0.328 e. The molecular formula is C9H19NO2S. The lowest BCUT2D eigenvalue weighted by Gasteiger charge is -2.22. The van der Waals surface area contributed by atoms with Gasteiger partial charge in [0.2, 0.25) is 0 Å². The van der Waals surface area contributed by atoms with Gasteiger partial charge in [0.1, 0.15) is 0 Å². The van der Waals surface area contributed by atoms with Crippen LogP contribution in [0.4, 0.5) is 0 Å². The van der Waals surface area contributed by atoms with E-state index in [-0.39, 0.29) is 11.3 Å². The predicted molar refractivity (Wildman–Crippen MR) is 54.3 cm³/mol. The normalized spacial score (nSPS) is 29.8. The summed E-state index contributed by atoms with van der Waals surface area (Å²) in [6, 6.07) is 0.122. The molecule has 0 spiro atoms. The molecule has 0 aromatic rings. The van der Waals surface area contributed by atoms with E-state index in [2.05, 4.69) is 0 Å². The molecule has 1 fully saturated rings. The maximum Gasteiger partial charge on any atom is 0.153 e. The fraction of sp³-hybridized carbons (Fsp3) is 1.00. The minimum atomic E-state index is -2.77. The van der Waals surface area contributed by atoms with E-state index in [1.54, 1.807) is 0 Å². The van der Waals surface area contributed by atoms with Crippen LogP contribution in [0.25, 0.3) is 0 Å². The summed E-state index contributed by atoms with van der Waals surface area (Å²) >= 11 is 0. The largest absolute Gasteiger partial charge is 0.328 e. The Morgan fingerprint density at radius 2 is 2.15 bits per heavy atom. The molecule has 0 saturated carbocycles. The molecule has 2 atom stereocenters. The molecule has 1 heterocycles. The van der Waals surface area contributed by atoms with Crippen molar-refractivity contribution in [3.8, 4) is 0 Å². The zero-order valence-corrected chi connectivity index (χ0v) is 9.02. The Hall–Kier alpha value is -0.0900. The van der Waals surface area contributed by atoms with Crippen LogP contribution in [0.15, 0.2) is 0 Å². The maximum atomic E-state index is 11.6. The van der Waals surface area contributed by atoms with E-state index < -0.39 is 9.84 Å². The average molecular weight is 205 g/mol. The third-order valence-corrected chi connectivity index (χ3v) is 5.00. The summed E-state index contributed by atoms with van der Waals surface area (Å²) in [6.07, 6.45) is 4.32. The van der Waals surface area contributed by atoms with Gasteiger partial charge < -0.3 is 5.73 Å². The highest BCUT2D eigenvalue weighted by molar-refractivity contribution is 7.92. The average Bonchev–Trinajstić information content (AvgIpc) is 2.01. The molecule has 13 heavy (non-hydrogen) atoms. The van der Waals surface area contributed by atoms with Gasteiger partial charge in [-0.25, -0.2) is 8.42 Å². The zero-order chi connectivity index (χ0) is 9.90. The molecule has 1 rings (SSSR count). The van der Waals surface area contributed by atoms with Gasteiger partial charge in [-0.1, -0.05) is 6.42 Å². The quantitative estimate of drug-likeness (QED) is 0.750. The second-order valence-electron chi connectivity index (χ2n) is 4.04. The Bertz CT molecular complexity index is 246. The van der Waals surface area contributed by atoms with Crippen molar-refractivity contribution in [1.82, 2.24) is 0 Å². The monoisotopic (exact) mass is 205 g/mol. The minimum absolute atomic E-state index is 0.104. The molecule has 0 bridgehead atoms. The molecule has 0 aromatic carbocycles. The molecule has 0 aliphatic carbocycles. The summed E-state index contributed by atoms with van der Waals surface area (Å²) in [5.41, 5.74) is 5.60. The van der Waals surface area contributed by atoms with Crippen LogP contribution in [0.3, 0.4) is 0 Å². The maximum absolute atomic E-state index is 11.6. The van der Waals surface area contributed by atoms with E-state index in [9.17, 15) is 8.42 Å². The van der Waals surface area contributed by atoms with Crippen LogP contribution in [0, 0.1) is 0 Å². The summed E-state index contributed by atoms with van der Waals surface area (Å²) in [7, 11) is -2.77. The van der Waals surface area contributed by atoms with E-state index >= 15 is 0 Å². The smallest absolute Gasteiger partial charge is 0.153 e. The molecule has 3 nitrogen and oxygen atoms in total. The lowest BCUT2D eigenvalue weighted by atomic mass is 10.1. The number of nitrogens with two attached hydrogens (primary N) is 1. The Morgan fingerprint density at radius 3 is 2.69 bits per heavy atom. The SMILES string of the molecule is CC(N)CCC1CCCCS1(=O)=O. The van der Waals surface area contributed by atoms with Gasteiger partial charge in [-0.15, -0.1) is 0 Å². The number of hydrogen-bond acceptors (Lipinski definition) is 3. The fourth-order valence-electron chi connectivity index (χ4n) is 1.79. The van der Waals surface area contributed by atoms with Crippen molar-refractivity contribution in [3.63, 3.8) is 0 Å². The van der Waals surface area contributed by atoms with Gasteiger partial charge >= 0.3 is 0 Å². The molecule has 4 heteroatoms. The summed E-state index contributed by atoms with van der Waals surface area (Å²) in [5.74, 6) is 0.386. The molecular weight excluding hydrogens is 186 g/mol. The Labute approximate surface area is 80.6 Å². The second kappa shape index (κ2) is 4.42. The Kier molecular flexibility index (Phi) is 3.74. The summed E-state index contributed by atoms with van der Waals surface area (Å²) in [5, 5.41) is -0.104. The number of rotatable bonds is 3. The van der Waals surface area contributed by atoms with Gasteiger partial charge in [0, 0.05) is 6.04 Å². The molecule has 2 N–H and O–H groups in total. The second-order valence-corrected chi connectivity index (χ2v) is 6.44. The van der Waals surface area contributed by atoms with Gasteiger partial charge in [-0.2, -0.15) is 0 Å². The van der Waals surface area contributed by atoms with Gasteiger partial charge in [-0.3, -0.25) is 0 Å². The number of hydrogen-bond donors (Lipinski definition) is 1. The van der Waals surface area contributed by atoms with E-state index in [0.29, 0.717) is 5.75 Å². The lowest BCUT2D eigenvalue weighted by molar-refractivity contribution is 0.506. The van der Waals surface area contributed by atoms with E-state index in [1.807, 2.05) is 6.92 Å². The Balaban J connectivity index is 2.47. The van der Waals surface area contributed by atoms with Crippen LogP contribution >= 0.6 is 0 Å². The third-order valence-electron chi connectivity index (χ3n) is 2.66. The highest BCUT2D eigenvalue weighted by atomic mass is 32.2. The highest BCUT2D eigenvalue weighted by Crippen LogP contribution is 2.23. The van der Waals surface area contributed by atoms with Crippen LogP contribution in [0.5, 0.6) is 0 Å². The van der Waals surface area contributed by atoms with Gasteiger partial charge in [0.25, 0.3) is 0 Å². The molecule has 0 aromatic heterocycles. The van der Waals surface area contributed by atoms with Gasteiger partial charge in [0.05, 0.1) is 11.0 Å². The van der Waals surface area contributed by atoms with Crippen molar-refractivity contribution >= 4 is 9.84 Å². The highest BCUT2D eigenvalue weighted by Gasteiger charge is 2.28. The van der Waals surface area contributed by atoms with Crippen LogP contribution in [-0.4, -0.2) is 25.5 Å².